The fourth-order valence-corrected chi connectivity index (χ4v) is 6.13. The van der Waals surface area contributed by atoms with Crippen LogP contribution in [0.4, 0.5) is 11.4 Å². The number of aryl methyl sites for hydroxylation is 1. The SMILES string of the molecule is COc1ccc(OC)c(N(CC(=O)Nc2ccc(CSc3ccccc3)cc2)S(=O)(=O)c2ccc(C)cc2)c1. The van der Waals surface area contributed by atoms with Crippen LogP contribution in [0.3, 0.4) is 0 Å². The number of hydrogen-bond acceptors (Lipinski definition) is 6. The molecule has 4 rings (SSSR count). The van der Waals surface area contributed by atoms with Crippen molar-refractivity contribution in [2.45, 2.75) is 22.5 Å². The van der Waals surface area contributed by atoms with E-state index < -0.39 is 22.5 Å². The highest BCUT2D eigenvalue weighted by Gasteiger charge is 2.30. The van der Waals surface area contributed by atoms with Gasteiger partial charge in [-0.2, -0.15) is 0 Å². The largest absolute Gasteiger partial charge is 0.497 e. The molecule has 0 aliphatic heterocycles. The molecule has 39 heavy (non-hydrogen) atoms. The van der Waals surface area contributed by atoms with Crippen molar-refractivity contribution < 1.29 is 22.7 Å². The van der Waals surface area contributed by atoms with Crippen LogP contribution in [0.25, 0.3) is 0 Å². The van der Waals surface area contributed by atoms with Crippen LogP contribution < -0.4 is 19.1 Å². The van der Waals surface area contributed by atoms with E-state index in [1.807, 2.05) is 49.4 Å². The molecule has 202 valence electrons. The number of rotatable bonds is 11. The summed E-state index contributed by atoms with van der Waals surface area (Å²) >= 11 is 1.72. The fourth-order valence-electron chi connectivity index (χ4n) is 3.83. The molecule has 1 amide bonds. The second-order valence-electron chi connectivity index (χ2n) is 8.71. The van der Waals surface area contributed by atoms with Crippen molar-refractivity contribution in [3.05, 3.63) is 108 Å². The normalized spacial score (nSPS) is 11.1. The minimum absolute atomic E-state index is 0.0611. The van der Waals surface area contributed by atoms with Gasteiger partial charge in [-0.05, 0) is 61.0 Å². The third kappa shape index (κ3) is 7.13. The van der Waals surface area contributed by atoms with Gasteiger partial charge in [-0.1, -0.05) is 48.0 Å². The molecule has 0 atom stereocenters. The average Bonchev–Trinajstić information content (AvgIpc) is 2.96. The Hall–Kier alpha value is -3.95. The lowest BCUT2D eigenvalue weighted by atomic mass is 10.2. The molecule has 1 N–H and O–H groups in total. The van der Waals surface area contributed by atoms with Gasteiger partial charge in [-0.15, -0.1) is 11.8 Å². The molecule has 0 aliphatic carbocycles. The molecule has 0 heterocycles. The van der Waals surface area contributed by atoms with Crippen molar-refractivity contribution in [3.63, 3.8) is 0 Å². The maximum absolute atomic E-state index is 13.8. The van der Waals surface area contributed by atoms with Gasteiger partial charge in [0.15, 0.2) is 0 Å². The van der Waals surface area contributed by atoms with Crippen LogP contribution in [0.15, 0.2) is 107 Å². The van der Waals surface area contributed by atoms with Gasteiger partial charge in [0.25, 0.3) is 10.0 Å². The van der Waals surface area contributed by atoms with Crippen LogP contribution in [0.2, 0.25) is 0 Å². The number of benzene rings is 4. The van der Waals surface area contributed by atoms with E-state index >= 15 is 0 Å². The highest BCUT2D eigenvalue weighted by Crippen LogP contribution is 2.35. The molecule has 0 spiro atoms. The van der Waals surface area contributed by atoms with Crippen molar-refractivity contribution >= 4 is 39.1 Å². The second kappa shape index (κ2) is 12.7. The molecule has 0 aromatic heterocycles. The maximum Gasteiger partial charge on any atom is 0.264 e. The van der Waals surface area contributed by atoms with E-state index in [9.17, 15) is 13.2 Å². The lowest BCUT2D eigenvalue weighted by Crippen LogP contribution is -2.38. The Morgan fingerprint density at radius 3 is 2.21 bits per heavy atom. The van der Waals surface area contributed by atoms with E-state index in [-0.39, 0.29) is 10.6 Å². The lowest BCUT2D eigenvalue weighted by molar-refractivity contribution is -0.114. The van der Waals surface area contributed by atoms with Crippen LogP contribution in [-0.4, -0.2) is 35.1 Å². The first-order valence-corrected chi connectivity index (χ1v) is 14.6. The molecule has 0 saturated carbocycles. The van der Waals surface area contributed by atoms with Crippen molar-refractivity contribution in [1.82, 2.24) is 0 Å². The standard InChI is InChI=1S/C30H30N2O5S2/c1-22-9-16-27(17-10-22)39(34,35)32(28-19-25(36-2)15-18-29(28)37-3)20-30(33)31-24-13-11-23(12-14-24)21-38-26-7-5-4-6-8-26/h4-19H,20-21H2,1-3H3,(H,31,33). The van der Waals surface area contributed by atoms with Crippen LogP contribution in [0, 0.1) is 6.92 Å². The number of methoxy groups -OCH3 is 2. The van der Waals surface area contributed by atoms with E-state index in [2.05, 4.69) is 17.4 Å². The van der Waals surface area contributed by atoms with E-state index in [4.69, 9.17) is 9.47 Å². The number of sulfonamides is 1. The highest BCUT2D eigenvalue weighted by atomic mass is 32.2. The minimum Gasteiger partial charge on any atom is -0.497 e. The minimum atomic E-state index is -4.12. The fraction of sp³-hybridized carbons (Fsp3) is 0.167. The highest BCUT2D eigenvalue weighted by molar-refractivity contribution is 7.98. The van der Waals surface area contributed by atoms with Crippen LogP contribution in [-0.2, 0) is 20.6 Å². The van der Waals surface area contributed by atoms with Gasteiger partial charge in [0.05, 0.1) is 24.8 Å². The van der Waals surface area contributed by atoms with E-state index in [1.54, 1.807) is 36.0 Å². The number of carbonyl (C=O) groups excluding carboxylic acids is 1. The van der Waals surface area contributed by atoms with Gasteiger partial charge in [-0.25, -0.2) is 8.42 Å². The topological polar surface area (TPSA) is 84.9 Å². The summed E-state index contributed by atoms with van der Waals surface area (Å²) in [5.74, 6) is 1.01. The zero-order valence-electron chi connectivity index (χ0n) is 22.0. The lowest BCUT2D eigenvalue weighted by Gasteiger charge is -2.26. The maximum atomic E-state index is 13.8. The molecule has 0 aliphatic rings. The Kier molecular flexibility index (Phi) is 9.16. The van der Waals surface area contributed by atoms with Crippen molar-refractivity contribution in [2.75, 3.05) is 30.4 Å². The summed E-state index contributed by atoms with van der Waals surface area (Å²) in [6.45, 7) is 1.41. The molecule has 4 aromatic rings. The number of nitrogens with one attached hydrogen (secondary N) is 1. The molecular weight excluding hydrogens is 532 g/mol. The smallest absolute Gasteiger partial charge is 0.264 e. The van der Waals surface area contributed by atoms with E-state index in [0.717, 1.165) is 21.2 Å². The quantitative estimate of drug-likeness (QED) is 0.221. The van der Waals surface area contributed by atoms with E-state index in [1.165, 1.54) is 37.3 Å². The van der Waals surface area contributed by atoms with Gasteiger partial charge in [-0.3, -0.25) is 9.10 Å². The number of carbonyl (C=O) groups is 1. The second-order valence-corrected chi connectivity index (χ2v) is 11.6. The summed E-state index contributed by atoms with van der Waals surface area (Å²) in [6.07, 6.45) is 0. The Labute approximate surface area is 233 Å². The molecular formula is C30H30N2O5S2. The predicted molar refractivity (Wildman–Crippen MR) is 156 cm³/mol. The molecule has 7 nitrogen and oxygen atoms in total. The average molecular weight is 563 g/mol. The number of hydrogen-bond donors (Lipinski definition) is 1. The van der Waals surface area contributed by atoms with Gasteiger partial charge in [0.2, 0.25) is 5.91 Å². The summed E-state index contributed by atoms with van der Waals surface area (Å²) in [5, 5.41) is 2.82. The zero-order valence-corrected chi connectivity index (χ0v) is 23.6. The summed E-state index contributed by atoms with van der Waals surface area (Å²) < 4.78 is 39.4. The van der Waals surface area contributed by atoms with Gasteiger partial charge in [0, 0.05) is 22.4 Å². The number of anilines is 2. The zero-order chi connectivity index (χ0) is 27.8. The van der Waals surface area contributed by atoms with E-state index in [0.29, 0.717) is 17.2 Å². The first kappa shape index (κ1) is 28.1. The van der Waals surface area contributed by atoms with Crippen LogP contribution in [0.1, 0.15) is 11.1 Å². The van der Waals surface area contributed by atoms with Gasteiger partial charge >= 0.3 is 0 Å². The molecule has 0 radical (unpaired) electrons. The molecule has 0 bridgehead atoms. The predicted octanol–water partition coefficient (Wildman–Crippen LogP) is 6.14. The summed E-state index contributed by atoms with van der Waals surface area (Å²) in [6, 6.07) is 28.9. The number of ether oxygens (including phenoxy) is 2. The van der Waals surface area contributed by atoms with Crippen molar-refractivity contribution in [2.24, 2.45) is 0 Å². The molecule has 9 heteroatoms. The number of nitrogens with zero attached hydrogens (tertiary/aromatic N) is 1. The first-order chi connectivity index (χ1) is 18.8. The summed E-state index contributed by atoms with van der Waals surface area (Å²) in [5.41, 5.74) is 2.79. The third-order valence-electron chi connectivity index (χ3n) is 5.94. The molecule has 0 fully saturated rings. The third-order valence-corrected chi connectivity index (χ3v) is 8.79. The molecule has 0 unspecified atom stereocenters. The van der Waals surface area contributed by atoms with Crippen molar-refractivity contribution in [3.8, 4) is 11.5 Å². The number of thioether (sulfide) groups is 1. The number of amides is 1. The van der Waals surface area contributed by atoms with Crippen molar-refractivity contribution in [1.29, 1.82) is 0 Å². The molecule has 0 saturated heterocycles. The first-order valence-electron chi connectivity index (χ1n) is 12.2. The van der Waals surface area contributed by atoms with Gasteiger partial charge < -0.3 is 14.8 Å². The Morgan fingerprint density at radius 2 is 1.56 bits per heavy atom. The Bertz CT molecular complexity index is 1510. The summed E-state index contributed by atoms with van der Waals surface area (Å²) in [7, 11) is -1.19. The van der Waals surface area contributed by atoms with Crippen LogP contribution in [0.5, 0.6) is 11.5 Å². The van der Waals surface area contributed by atoms with Crippen LogP contribution >= 0.6 is 11.8 Å². The molecule has 4 aromatic carbocycles. The monoisotopic (exact) mass is 562 g/mol. The Balaban J connectivity index is 1.56. The Morgan fingerprint density at radius 1 is 0.872 bits per heavy atom. The van der Waals surface area contributed by atoms with Gasteiger partial charge in [0.1, 0.15) is 18.0 Å². The summed E-state index contributed by atoms with van der Waals surface area (Å²) in [4.78, 5) is 14.4.